The summed E-state index contributed by atoms with van der Waals surface area (Å²) in [5.74, 6) is -0.209. The summed E-state index contributed by atoms with van der Waals surface area (Å²) in [4.78, 5) is 10.8. The molecule has 0 fully saturated rings. The van der Waals surface area contributed by atoms with E-state index in [4.69, 9.17) is 9.84 Å². The molecular weight excluding hydrogens is 244 g/mol. The summed E-state index contributed by atoms with van der Waals surface area (Å²) >= 11 is 0. The first-order valence-corrected chi connectivity index (χ1v) is 6.08. The lowest BCUT2D eigenvalue weighted by atomic mass is 10.1. The number of benzene rings is 1. The van der Waals surface area contributed by atoms with E-state index in [9.17, 15) is 4.79 Å². The van der Waals surface area contributed by atoms with Gasteiger partial charge in [0, 0.05) is 7.05 Å². The minimum atomic E-state index is -1.03. The maximum absolute atomic E-state index is 10.8. The van der Waals surface area contributed by atoms with E-state index in [2.05, 4.69) is 12.0 Å². The van der Waals surface area contributed by atoms with Gasteiger partial charge in [-0.25, -0.2) is 4.79 Å². The third-order valence-electron chi connectivity index (χ3n) is 2.92. The molecule has 19 heavy (non-hydrogen) atoms. The van der Waals surface area contributed by atoms with Crippen molar-refractivity contribution in [3.05, 3.63) is 47.3 Å². The van der Waals surface area contributed by atoms with Crippen molar-refractivity contribution in [2.45, 2.75) is 20.0 Å². The van der Waals surface area contributed by atoms with E-state index in [0.717, 1.165) is 23.4 Å². The predicted octanol–water partition coefficient (Wildman–Crippen LogP) is 2.26. The highest BCUT2D eigenvalue weighted by atomic mass is 16.5. The number of rotatable bonds is 5. The molecule has 1 aromatic carbocycles. The van der Waals surface area contributed by atoms with Gasteiger partial charge in [-0.3, -0.25) is 4.68 Å². The van der Waals surface area contributed by atoms with Crippen molar-refractivity contribution >= 4 is 5.97 Å². The Kier molecular flexibility index (Phi) is 3.85. The topological polar surface area (TPSA) is 64.3 Å². The molecule has 0 aliphatic carbocycles. The van der Waals surface area contributed by atoms with Crippen molar-refractivity contribution in [3.63, 3.8) is 0 Å². The summed E-state index contributed by atoms with van der Waals surface area (Å²) in [6.45, 7) is 2.36. The van der Waals surface area contributed by atoms with Crippen LogP contribution in [-0.4, -0.2) is 20.9 Å². The maximum atomic E-state index is 10.8. The monoisotopic (exact) mass is 260 g/mol. The molecule has 0 amide bonds. The first-order chi connectivity index (χ1) is 9.11. The normalized spacial score (nSPS) is 10.4. The van der Waals surface area contributed by atoms with Crippen molar-refractivity contribution in [2.24, 2.45) is 7.05 Å². The molecule has 0 unspecified atom stereocenters. The number of aromatic nitrogens is 2. The molecule has 0 atom stereocenters. The molecule has 0 aliphatic rings. The van der Waals surface area contributed by atoms with Gasteiger partial charge in [0.15, 0.2) is 5.69 Å². The Bertz CT molecular complexity index is 590. The molecule has 100 valence electrons. The summed E-state index contributed by atoms with van der Waals surface area (Å²) in [6.07, 6.45) is 0.891. The van der Waals surface area contributed by atoms with Crippen molar-refractivity contribution in [2.75, 3.05) is 0 Å². The van der Waals surface area contributed by atoms with E-state index >= 15 is 0 Å². The lowest BCUT2D eigenvalue weighted by Crippen LogP contribution is -2.04. The Morgan fingerprint density at radius 2 is 2.16 bits per heavy atom. The summed E-state index contributed by atoms with van der Waals surface area (Å²) in [5, 5.41) is 12.8. The second kappa shape index (κ2) is 5.56. The summed E-state index contributed by atoms with van der Waals surface area (Å²) < 4.78 is 7.26. The fourth-order valence-electron chi connectivity index (χ4n) is 1.83. The highest BCUT2D eigenvalue weighted by Gasteiger charge is 2.11. The van der Waals surface area contributed by atoms with Gasteiger partial charge in [0.1, 0.15) is 12.4 Å². The molecule has 0 saturated heterocycles. The molecule has 0 saturated carbocycles. The molecule has 5 nitrogen and oxygen atoms in total. The average molecular weight is 260 g/mol. The molecule has 1 heterocycles. The van der Waals surface area contributed by atoms with Gasteiger partial charge in [0.25, 0.3) is 0 Å². The zero-order valence-corrected chi connectivity index (χ0v) is 11.0. The van der Waals surface area contributed by atoms with Crippen LogP contribution in [0, 0.1) is 0 Å². The van der Waals surface area contributed by atoms with E-state index in [-0.39, 0.29) is 5.69 Å². The van der Waals surface area contributed by atoms with E-state index in [1.807, 2.05) is 24.3 Å². The lowest BCUT2D eigenvalue weighted by Gasteiger charge is -2.10. The first kappa shape index (κ1) is 13.1. The van der Waals surface area contributed by atoms with Crippen LogP contribution in [0.3, 0.4) is 0 Å². The van der Waals surface area contributed by atoms with Crippen LogP contribution in [0.2, 0.25) is 0 Å². The molecule has 1 N–H and O–H groups in total. The molecule has 5 heteroatoms. The molecule has 0 aliphatic heterocycles. The standard InChI is InChI=1S/C14H16N2O3/c1-3-10-6-4-5-7-13(10)19-9-11-8-12(14(17)18)15-16(11)2/h4-8H,3,9H2,1-2H3,(H,17,18). The molecular formula is C14H16N2O3. The number of para-hydroxylation sites is 1. The van der Waals surface area contributed by atoms with Gasteiger partial charge in [-0.2, -0.15) is 5.10 Å². The number of hydrogen-bond donors (Lipinski definition) is 1. The molecule has 0 bridgehead atoms. The highest BCUT2D eigenvalue weighted by Crippen LogP contribution is 2.19. The van der Waals surface area contributed by atoms with Crippen LogP contribution < -0.4 is 4.74 Å². The van der Waals surface area contributed by atoms with E-state index < -0.39 is 5.97 Å². The zero-order valence-electron chi connectivity index (χ0n) is 11.0. The first-order valence-electron chi connectivity index (χ1n) is 6.08. The van der Waals surface area contributed by atoms with Gasteiger partial charge in [0.05, 0.1) is 5.69 Å². The Hall–Kier alpha value is -2.30. The molecule has 0 spiro atoms. The lowest BCUT2D eigenvalue weighted by molar-refractivity contribution is 0.0689. The van der Waals surface area contributed by atoms with Crippen molar-refractivity contribution in [1.29, 1.82) is 0 Å². The third kappa shape index (κ3) is 2.93. The Labute approximate surface area is 111 Å². The smallest absolute Gasteiger partial charge is 0.356 e. The van der Waals surface area contributed by atoms with Gasteiger partial charge in [-0.1, -0.05) is 25.1 Å². The number of hydrogen-bond acceptors (Lipinski definition) is 3. The summed E-state index contributed by atoms with van der Waals surface area (Å²) in [6, 6.07) is 9.34. The number of ether oxygens (including phenoxy) is 1. The summed E-state index contributed by atoms with van der Waals surface area (Å²) in [7, 11) is 1.71. The Morgan fingerprint density at radius 3 is 2.79 bits per heavy atom. The number of aryl methyl sites for hydroxylation is 2. The van der Waals surface area contributed by atoms with Crippen LogP contribution in [0.5, 0.6) is 5.75 Å². The van der Waals surface area contributed by atoms with Crippen molar-refractivity contribution < 1.29 is 14.6 Å². The highest BCUT2D eigenvalue weighted by molar-refractivity contribution is 5.85. The zero-order chi connectivity index (χ0) is 13.8. The fraction of sp³-hybridized carbons (Fsp3) is 0.286. The number of aromatic carboxylic acids is 1. The van der Waals surface area contributed by atoms with Crippen LogP contribution in [0.25, 0.3) is 0 Å². The molecule has 2 rings (SSSR count). The second-order valence-electron chi connectivity index (χ2n) is 4.20. The van der Waals surface area contributed by atoms with E-state index in [0.29, 0.717) is 6.61 Å². The van der Waals surface area contributed by atoms with Crippen molar-refractivity contribution in [1.82, 2.24) is 9.78 Å². The average Bonchev–Trinajstić information content (AvgIpc) is 2.78. The van der Waals surface area contributed by atoms with E-state index in [1.165, 1.54) is 10.7 Å². The fourth-order valence-corrected chi connectivity index (χ4v) is 1.83. The third-order valence-corrected chi connectivity index (χ3v) is 2.92. The van der Waals surface area contributed by atoms with Gasteiger partial charge < -0.3 is 9.84 Å². The summed E-state index contributed by atoms with van der Waals surface area (Å²) in [5.41, 5.74) is 1.89. The van der Waals surface area contributed by atoms with Crippen LogP contribution in [0.4, 0.5) is 0 Å². The minimum absolute atomic E-state index is 0.0323. The number of carbonyl (C=O) groups is 1. The van der Waals surface area contributed by atoms with Crippen molar-refractivity contribution in [3.8, 4) is 5.75 Å². The quantitative estimate of drug-likeness (QED) is 0.895. The maximum Gasteiger partial charge on any atom is 0.356 e. The van der Waals surface area contributed by atoms with Gasteiger partial charge >= 0.3 is 5.97 Å². The van der Waals surface area contributed by atoms with Gasteiger partial charge in [-0.05, 0) is 24.1 Å². The number of nitrogens with zero attached hydrogens (tertiary/aromatic N) is 2. The minimum Gasteiger partial charge on any atom is -0.487 e. The largest absolute Gasteiger partial charge is 0.487 e. The second-order valence-corrected chi connectivity index (χ2v) is 4.20. The van der Waals surface area contributed by atoms with Crippen LogP contribution >= 0.6 is 0 Å². The molecule has 1 aromatic heterocycles. The SMILES string of the molecule is CCc1ccccc1OCc1cc(C(=O)O)nn1C. The molecule has 0 radical (unpaired) electrons. The Morgan fingerprint density at radius 1 is 1.42 bits per heavy atom. The van der Waals surface area contributed by atoms with Gasteiger partial charge in [0.2, 0.25) is 0 Å². The Balaban J connectivity index is 2.12. The van der Waals surface area contributed by atoms with Crippen LogP contribution in [-0.2, 0) is 20.1 Å². The number of carboxylic acids is 1. The van der Waals surface area contributed by atoms with Crippen LogP contribution in [0.1, 0.15) is 28.7 Å². The van der Waals surface area contributed by atoms with Crippen LogP contribution in [0.15, 0.2) is 30.3 Å². The number of carboxylic acid groups (broad SMARTS) is 1. The van der Waals surface area contributed by atoms with E-state index in [1.54, 1.807) is 7.05 Å². The molecule has 2 aromatic rings. The van der Waals surface area contributed by atoms with Gasteiger partial charge in [-0.15, -0.1) is 0 Å². The predicted molar refractivity (Wildman–Crippen MR) is 70.3 cm³/mol.